The van der Waals surface area contributed by atoms with Crippen LogP contribution in [0.1, 0.15) is 52.0 Å². The Morgan fingerprint density at radius 2 is 1.88 bits per heavy atom. The van der Waals surface area contributed by atoms with Crippen LogP contribution < -0.4 is 5.32 Å². The van der Waals surface area contributed by atoms with Crippen LogP contribution in [-0.2, 0) is 16.1 Å². The number of nitrogens with zero attached hydrogens (tertiary/aromatic N) is 2. The van der Waals surface area contributed by atoms with Crippen LogP contribution in [0.2, 0.25) is 0 Å². The highest BCUT2D eigenvalue weighted by Gasteiger charge is 2.39. The Balaban J connectivity index is 1.56. The van der Waals surface area contributed by atoms with Crippen LogP contribution in [0.5, 0.6) is 0 Å². The van der Waals surface area contributed by atoms with Crippen molar-refractivity contribution in [3.8, 4) is 0 Å². The molecule has 130 valence electrons. The van der Waals surface area contributed by atoms with Crippen molar-refractivity contribution in [1.29, 1.82) is 0 Å². The SMILES string of the molecule is O=C1CCC(N2Cc3cc(C(=O)N4CCCC4)ccc3C2=O)C(=O)N1. The summed E-state index contributed by atoms with van der Waals surface area (Å²) < 4.78 is 0. The zero-order chi connectivity index (χ0) is 17.6. The molecule has 4 amide bonds. The molecule has 1 atom stereocenters. The third-order valence-corrected chi connectivity index (χ3v) is 5.16. The van der Waals surface area contributed by atoms with E-state index in [1.165, 1.54) is 4.90 Å². The van der Waals surface area contributed by atoms with Gasteiger partial charge in [-0.15, -0.1) is 0 Å². The maximum atomic E-state index is 12.6. The molecule has 2 saturated heterocycles. The normalized spacial score (nSPS) is 23.0. The second-order valence-corrected chi connectivity index (χ2v) is 6.77. The first-order valence-corrected chi connectivity index (χ1v) is 8.61. The minimum absolute atomic E-state index is 0.00722. The van der Waals surface area contributed by atoms with E-state index in [0.29, 0.717) is 24.1 Å². The van der Waals surface area contributed by atoms with E-state index in [1.54, 1.807) is 18.2 Å². The van der Waals surface area contributed by atoms with Crippen LogP contribution >= 0.6 is 0 Å². The standard InChI is InChI=1S/C18H19N3O4/c22-15-6-5-14(16(23)19-15)21-10-12-9-11(3-4-13(12)18(21)25)17(24)20-7-1-2-8-20/h3-4,9,14H,1-2,5-8,10H2,(H,19,22,23). The van der Waals surface area contributed by atoms with Gasteiger partial charge in [-0.1, -0.05) is 0 Å². The molecule has 0 saturated carbocycles. The summed E-state index contributed by atoms with van der Waals surface area (Å²) in [6.07, 6.45) is 2.62. The van der Waals surface area contributed by atoms with E-state index >= 15 is 0 Å². The van der Waals surface area contributed by atoms with Gasteiger partial charge in [-0.3, -0.25) is 24.5 Å². The van der Waals surface area contributed by atoms with Crippen LogP contribution in [0.4, 0.5) is 0 Å². The summed E-state index contributed by atoms with van der Waals surface area (Å²) in [5.74, 6) is -0.952. The number of nitrogens with one attached hydrogen (secondary N) is 1. The maximum absolute atomic E-state index is 12.6. The highest BCUT2D eigenvalue weighted by atomic mass is 16.2. The number of hydrogen-bond acceptors (Lipinski definition) is 4. The summed E-state index contributed by atoms with van der Waals surface area (Å²) in [6.45, 7) is 1.84. The fraction of sp³-hybridized carbons (Fsp3) is 0.444. The zero-order valence-electron chi connectivity index (χ0n) is 13.8. The molecule has 0 aliphatic carbocycles. The fourth-order valence-electron chi connectivity index (χ4n) is 3.81. The molecule has 3 aliphatic heterocycles. The van der Waals surface area contributed by atoms with Crippen molar-refractivity contribution in [2.24, 2.45) is 0 Å². The maximum Gasteiger partial charge on any atom is 0.255 e. The number of imide groups is 1. The van der Waals surface area contributed by atoms with Gasteiger partial charge in [0.2, 0.25) is 11.8 Å². The Labute approximate surface area is 145 Å². The van der Waals surface area contributed by atoms with Crippen LogP contribution in [0.15, 0.2) is 18.2 Å². The van der Waals surface area contributed by atoms with Crippen LogP contribution in [0.25, 0.3) is 0 Å². The molecule has 4 rings (SSSR count). The zero-order valence-corrected chi connectivity index (χ0v) is 13.8. The lowest BCUT2D eigenvalue weighted by atomic mass is 10.0. The van der Waals surface area contributed by atoms with Gasteiger partial charge in [0.15, 0.2) is 0 Å². The first-order chi connectivity index (χ1) is 12.0. The van der Waals surface area contributed by atoms with E-state index in [1.807, 2.05) is 4.90 Å². The van der Waals surface area contributed by atoms with E-state index in [4.69, 9.17) is 0 Å². The molecule has 0 radical (unpaired) electrons. The lowest BCUT2D eigenvalue weighted by molar-refractivity contribution is -0.136. The quantitative estimate of drug-likeness (QED) is 0.802. The van der Waals surface area contributed by atoms with Gasteiger partial charge in [-0.2, -0.15) is 0 Å². The second-order valence-electron chi connectivity index (χ2n) is 6.77. The largest absolute Gasteiger partial charge is 0.339 e. The van der Waals surface area contributed by atoms with Crippen molar-refractivity contribution in [3.63, 3.8) is 0 Å². The van der Waals surface area contributed by atoms with Gasteiger partial charge in [0, 0.05) is 37.2 Å². The molecule has 7 heteroatoms. The van der Waals surface area contributed by atoms with Gasteiger partial charge >= 0.3 is 0 Å². The highest BCUT2D eigenvalue weighted by Crippen LogP contribution is 2.28. The monoisotopic (exact) mass is 341 g/mol. The van der Waals surface area contributed by atoms with E-state index in [0.717, 1.165) is 31.5 Å². The second kappa shape index (κ2) is 5.98. The lowest BCUT2D eigenvalue weighted by Crippen LogP contribution is -2.52. The van der Waals surface area contributed by atoms with Gasteiger partial charge in [0.1, 0.15) is 6.04 Å². The van der Waals surface area contributed by atoms with Crippen LogP contribution in [0.3, 0.4) is 0 Å². The summed E-state index contributed by atoms with van der Waals surface area (Å²) in [4.78, 5) is 51.8. The van der Waals surface area contributed by atoms with Crippen molar-refractivity contribution < 1.29 is 19.2 Å². The fourth-order valence-corrected chi connectivity index (χ4v) is 3.81. The minimum atomic E-state index is -0.629. The number of benzene rings is 1. The summed E-state index contributed by atoms with van der Waals surface area (Å²) in [5, 5.41) is 2.29. The van der Waals surface area contributed by atoms with Crippen molar-refractivity contribution in [2.75, 3.05) is 13.1 Å². The predicted molar refractivity (Wildman–Crippen MR) is 87.6 cm³/mol. The molecule has 1 N–H and O–H groups in total. The van der Waals surface area contributed by atoms with Crippen molar-refractivity contribution in [2.45, 2.75) is 38.3 Å². The molecular weight excluding hydrogens is 322 g/mol. The van der Waals surface area contributed by atoms with Gasteiger partial charge in [0.25, 0.3) is 11.8 Å². The minimum Gasteiger partial charge on any atom is -0.339 e. The summed E-state index contributed by atoms with van der Waals surface area (Å²) in [7, 11) is 0. The summed E-state index contributed by atoms with van der Waals surface area (Å²) >= 11 is 0. The van der Waals surface area contributed by atoms with E-state index in [9.17, 15) is 19.2 Å². The lowest BCUT2D eigenvalue weighted by Gasteiger charge is -2.29. The summed E-state index contributed by atoms with van der Waals surface area (Å²) in [6, 6.07) is 4.49. The smallest absolute Gasteiger partial charge is 0.255 e. The number of carbonyl (C=O) groups is 4. The Morgan fingerprint density at radius 1 is 1.12 bits per heavy atom. The summed E-state index contributed by atoms with van der Waals surface area (Å²) in [5.41, 5.74) is 1.88. The van der Waals surface area contributed by atoms with Crippen molar-refractivity contribution in [3.05, 3.63) is 34.9 Å². The molecule has 1 aromatic rings. The molecule has 1 unspecified atom stereocenters. The molecule has 25 heavy (non-hydrogen) atoms. The number of likely N-dealkylation sites (tertiary alicyclic amines) is 1. The molecule has 7 nitrogen and oxygen atoms in total. The molecule has 0 aromatic heterocycles. The van der Waals surface area contributed by atoms with E-state index < -0.39 is 11.9 Å². The predicted octanol–water partition coefficient (Wildman–Crippen LogP) is 0.684. The molecule has 0 spiro atoms. The van der Waals surface area contributed by atoms with E-state index in [2.05, 4.69) is 5.32 Å². The van der Waals surface area contributed by atoms with Gasteiger partial charge < -0.3 is 9.80 Å². The number of fused-ring (bicyclic) bond motifs is 1. The number of piperidine rings is 1. The Morgan fingerprint density at radius 3 is 2.60 bits per heavy atom. The third-order valence-electron chi connectivity index (χ3n) is 5.16. The van der Waals surface area contributed by atoms with Crippen LogP contribution in [0, 0.1) is 0 Å². The first kappa shape index (κ1) is 15.8. The molecule has 0 bridgehead atoms. The average Bonchev–Trinajstić information content (AvgIpc) is 3.23. The molecule has 2 fully saturated rings. The van der Waals surface area contributed by atoms with Crippen molar-refractivity contribution in [1.82, 2.24) is 15.1 Å². The van der Waals surface area contributed by atoms with Crippen LogP contribution in [-0.4, -0.2) is 52.6 Å². The number of amides is 4. The Hall–Kier alpha value is -2.70. The van der Waals surface area contributed by atoms with Gasteiger partial charge in [-0.05, 0) is 43.0 Å². The van der Waals surface area contributed by atoms with Gasteiger partial charge in [-0.25, -0.2) is 0 Å². The third kappa shape index (κ3) is 2.69. The molecule has 1 aromatic carbocycles. The molecular formula is C18H19N3O4. The Kier molecular flexibility index (Phi) is 3.78. The van der Waals surface area contributed by atoms with Gasteiger partial charge in [0.05, 0.1) is 0 Å². The van der Waals surface area contributed by atoms with E-state index in [-0.39, 0.29) is 24.1 Å². The number of rotatable bonds is 2. The van der Waals surface area contributed by atoms with Crippen molar-refractivity contribution >= 4 is 23.6 Å². The Bertz CT molecular complexity index is 783. The average molecular weight is 341 g/mol. The number of hydrogen-bond donors (Lipinski definition) is 1. The first-order valence-electron chi connectivity index (χ1n) is 8.61. The molecule has 3 heterocycles. The molecule has 3 aliphatic rings. The topological polar surface area (TPSA) is 86.8 Å². The highest BCUT2D eigenvalue weighted by molar-refractivity contribution is 6.06. The number of carbonyl (C=O) groups excluding carboxylic acids is 4.